The molecular formula is C16H14ClN3O3S2. The number of hydrogen-bond donors (Lipinski definition) is 2. The number of aryl methyl sites for hydroxylation is 1. The van der Waals surface area contributed by atoms with E-state index in [1.54, 1.807) is 24.3 Å². The lowest BCUT2D eigenvalue weighted by Gasteiger charge is -2.10. The quantitative estimate of drug-likeness (QED) is 0.508. The molecule has 2 heterocycles. The van der Waals surface area contributed by atoms with Crippen molar-refractivity contribution in [3.63, 3.8) is 0 Å². The fraction of sp³-hybridized carbons (Fsp3) is 0.188. The Morgan fingerprint density at radius 1 is 1.44 bits per heavy atom. The van der Waals surface area contributed by atoms with Crippen LogP contribution in [0.25, 0.3) is 10.2 Å². The molecule has 25 heavy (non-hydrogen) atoms. The van der Waals surface area contributed by atoms with Crippen molar-refractivity contribution in [1.29, 1.82) is 0 Å². The predicted molar refractivity (Wildman–Crippen MR) is 102 cm³/mol. The van der Waals surface area contributed by atoms with Crippen molar-refractivity contribution in [3.8, 4) is 5.75 Å². The SMILES string of the molecule is COc1ccc(Cl)cc1NC(=O)CSc1nc2sc(C)cc2c(=O)[nH]1. The van der Waals surface area contributed by atoms with Crippen LogP contribution in [0.4, 0.5) is 5.69 Å². The van der Waals surface area contributed by atoms with Crippen LogP contribution in [-0.4, -0.2) is 28.7 Å². The molecule has 0 spiro atoms. The van der Waals surface area contributed by atoms with Crippen LogP contribution >= 0.6 is 34.7 Å². The number of halogens is 1. The third-order valence-corrected chi connectivity index (χ3v) is 5.33. The van der Waals surface area contributed by atoms with Gasteiger partial charge in [-0.1, -0.05) is 23.4 Å². The number of thioether (sulfide) groups is 1. The van der Waals surface area contributed by atoms with Crippen LogP contribution < -0.4 is 15.6 Å². The lowest BCUT2D eigenvalue weighted by molar-refractivity contribution is -0.113. The highest BCUT2D eigenvalue weighted by Gasteiger charge is 2.11. The summed E-state index contributed by atoms with van der Waals surface area (Å²) >= 11 is 8.55. The van der Waals surface area contributed by atoms with Gasteiger partial charge in [-0.25, -0.2) is 4.98 Å². The van der Waals surface area contributed by atoms with Crippen molar-refractivity contribution in [2.45, 2.75) is 12.1 Å². The zero-order valence-corrected chi connectivity index (χ0v) is 15.8. The first-order valence-electron chi connectivity index (χ1n) is 7.23. The number of nitrogens with zero attached hydrogens (tertiary/aromatic N) is 1. The first-order valence-corrected chi connectivity index (χ1v) is 9.41. The van der Waals surface area contributed by atoms with Crippen LogP contribution in [0.2, 0.25) is 5.02 Å². The second-order valence-corrected chi connectivity index (χ2v) is 7.76. The molecule has 3 rings (SSSR count). The molecule has 0 bridgehead atoms. The number of anilines is 1. The molecule has 0 fully saturated rings. The zero-order chi connectivity index (χ0) is 18.0. The van der Waals surface area contributed by atoms with Crippen LogP contribution in [0, 0.1) is 6.92 Å². The van der Waals surface area contributed by atoms with Gasteiger partial charge in [0, 0.05) is 9.90 Å². The third-order valence-electron chi connectivity index (χ3n) is 3.28. The van der Waals surface area contributed by atoms with E-state index in [2.05, 4.69) is 15.3 Å². The largest absolute Gasteiger partial charge is 0.495 e. The number of fused-ring (bicyclic) bond motifs is 1. The monoisotopic (exact) mass is 395 g/mol. The molecule has 0 saturated carbocycles. The molecule has 2 N–H and O–H groups in total. The number of hydrogen-bond acceptors (Lipinski definition) is 6. The molecule has 0 aliphatic heterocycles. The van der Waals surface area contributed by atoms with Gasteiger partial charge in [0.25, 0.3) is 5.56 Å². The maximum absolute atomic E-state index is 12.2. The molecule has 0 saturated heterocycles. The van der Waals surface area contributed by atoms with Crippen molar-refractivity contribution < 1.29 is 9.53 Å². The van der Waals surface area contributed by atoms with Gasteiger partial charge < -0.3 is 15.0 Å². The maximum atomic E-state index is 12.2. The Balaban J connectivity index is 1.70. The van der Waals surface area contributed by atoms with Gasteiger partial charge in [0.2, 0.25) is 5.91 Å². The number of aromatic nitrogens is 2. The summed E-state index contributed by atoms with van der Waals surface area (Å²) in [6, 6.07) is 6.77. The smallest absolute Gasteiger partial charge is 0.260 e. The average molecular weight is 396 g/mol. The summed E-state index contributed by atoms with van der Waals surface area (Å²) in [4.78, 5) is 33.0. The highest BCUT2D eigenvalue weighted by atomic mass is 35.5. The van der Waals surface area contributed by atoms with E-state index in [0.29, 0.717) is 31.8 Å². The summed E-state index contributed by atoms with van der Waals surface area (Å²) < 4.78 is 5.19. The van der Waals surface area contributed by atoms with E-state index in [1.165, 1.54) is 18.4 Å². The van der Waals surface area contributed by atoms with Crippen LogP contribution in [0.3, 0.4) is 0 Å². The van der Waals surface area contributed by atoms with Gasteiger partial charge in [-0.2, -0.15) is 0 Å². The van der Waals surface area contributed by atoms with Crippen molar-refractivity contribution in [3.05, 3.63) is 44.5 Å². The fourth-order valence-corrected chi connectivity index (χ4v) is 3.97. The molecule has 9 heteroatoms. The molecule has 1 aromatic carbocycles. The van der Waals surface area contributed by atoms with Crippen molar-refractivity contribution in [2.24, 2.45) is 0 Å². The predicted octanol–water partition coefficient (Wildman–Crippen LogP) is 3.69. The van der Waals surface area contributed by atoms with E-state index in [-0.39, 0.29) is 17.2 Å². The molecule has 1 amide bonds. The van der Waals surface area contributed by atoms with Crippen molar-refractivity contribution in [2.75, 3.05) is 18.2 Å². The van der Waals surface area contributed by atoms with E-state index in [9.17, 15) is 9.59 Å². The summed E-state index contributed by atoms with van der Waals surface area (Å²) in [5.74, 6) is 0.356. The van der Waals surface area contributed by atoms with Crippen molar-refractivity contribution in [1.82, 2.24) is 9.97 Å². The van der Waals surface area contributed by atoms with Gasteiger partial charge in [0.15, 0.2) is 5.16 Å². The number of benzene rings is 1. The standard InChI is InChI=1S/C16H14ClN3O3S2/c1-8-5-10-14(22)19-16(20-15(10)25-8)24-7-13(21)18-11-6-9(17)3-4-12(11)23-2/h3-6H,7H2,1-2H3,(H,18,21)(H,19,20,22). The van der Waals surface area contributed by atoms with Gasteiger partial charge in [0.1, 0.15) is 10.6 Å². The summed E-state index contributed by atoms with van der Waals surface area (Å²) in [6.07, 6.45) is 0. The Morgan fingerprint density at radius 2 is 2.24 bits per heavy atom. The molecular weight excluding hydrogens is 382 g/mol. The fourth-order valence-electron chi connectivity index (χ4n) is 2.20. The second-order valence-electron chi connectivity index (χ2n) is 5.13. The number of nitrogens with one attached hydrogen (secondary N) is 2. The summed E-state index contributed by atoms with van der Waals surface area (Å²) in [6.45, 7) is 1.92. The number of rotatable bonds is 5. The van der Waals surface area contributed by atoms with Crippen LogP contribution in [0.5, 0.6) is 5.75 Å². The average Bonchev–Trinajstić information content (AvgIpc) is 2.94. The molecule has 2 aromatic heterocycles. The van der Waals surface area contributed by atoms with Crippen LogP contribution in [0.15, 0.2) is 34.2 Å². The number of aromatic amines is 1. The molecule has 0 radical (unpaired) electrons. The number of H-pyrrole nitrogens is 1. The van der Waals surface area contributed by atoms with E-state index in [1.807, 2.05) is 6.92 Å². The zero-order valence-electron chi connectivity index (χ0n) is 13.4. The molecule has 130 valence electrons. The van der Waals surface area contributed by atoms with E-state index in [0.717, 1.165) is 16.6 Å². The van der Waals surface area contributed by atoms with Gasteiger partial charge in [-0.3, -0.25) is 9.59 Å². The number of ether oxygens (including phenoxy) is 1. The number of methoxy groups -OCH3 is 1. The van der Waals surface area contributed by atoms with Gasteiger partial charge in [0.05, 0.1) is 23.9 Å². The third kappa shape index (κ3) is 4.15. The Hall–Kier alpha value is -2.03. The Labute approximate surface area is 156 Å². The first kappa shape index (κ1) is 17.8. The van der Waals surface area contributed by atoms with Gasteiger partial charge >= 0.3 is 0 Å². The minimum absolute atomic E-state index is 0.0917. The topological polar surface area (TPSA) is 84.1 Å². The minimum atomic E-state index is -0.254. The molecule has 0 atom stereocenters. The normalized spacial score (nSPS) is 10.8. The molecule has 0 aliphatic rings. The number of carbonyl (C=O) groups is 1. The number of amides is 1. The van der Waals surface area contributed by atoms with Gasteiger partial charge in [-0.05, 0) is 31.2 Å². The lowest BCUT2D eigenvalue weighted by atomic mass is 10.3. The Kier molecular flexibility index (Phi) is 5.31. The first-order chi connectivity index (χ1) is 12.0. The maximum Gasteiger partial charge on any atom is 0.260 e. The summed E-state index contributed by atoms with van der Waals surface area (Å²) in [5.41, 5.74) is 0.292. The molecule has 0 unspecified atom stereocenters. The second kappa shape index (κ2) is 7.47. The summed E-state index contributed by atoms with van der Waals surface area (Å²) in [5, 5.41) is 4.21. The number of carbonyl (C=O) groups excluding carboxylic acids is 1. The van der Waals surface area contributed by atoms with Crippen molar-refractivity contribution >= 4 is 56.5 Å². The summed E-state index contributed by atoms with van der Waals surface area (Å²) in [7, 11) is 1.51. The van der Waals surface area contributed by atoms with E-state index >= 15 is 0 Å². The Morgan fingerprint density at radius 3 is 3.00 bits per heavy atom. The highest BCUT2D eigenvalue weighted by Crippen LogP contribution is 2.28. The van der Waals surface area contributed by atoms with Crippen LogP contribution in [-0.2, 0) is 4.79 Å². The van der Waals surface area contributed by atoms with E-state index < -0.39 is 0 Å². The molecule has 0 aliphatic carbocycles. The van der Waals surface area contributed by atoms with Crippen LogP contribution in [0.1, 0.15) is 4.88 Å². The minimum Gasteiger partial charge on any atom is -0.495 e. The molecule has 6 nitrogen and oxygen atoms in total. The molecule has 3 aromatic rings. The van der Waals surface area contributed by atoms with E-state index in [4.69, 9.17) is 16.3 Å². The Bertz CT molecular complexity index is 1000. The lowest BCUT2D eigenvalue weighted by Crippen LogP contribution is -2.16. The number of thiophene rings is 1. The highest BCUT2D eigenvalue weighted by molar-refractivity contribution is 7.99. The van der Waals surface area contributed by atoms with Gasteiger partial charge in [-0.15, -0.1) is 11.3 Å².